The first-order valence-electron chi connectivity index (χ1n) is 7.00. The van der Waals surface area contributed by atoms with Crippen LogP contribution in [0.3, 0.4) is 0 Å². The molecule has 2 heterocycles. The van der Waals surface area contributed by atoms with Crippen LogP contribution < -0.4 is 10.6 Å². The van der Waals surface area contributed by atoms with Crippen LogP contribution in [0.2, 0.25) is 0 Å². The molecule has 0 fully saturated rings. The van der Waals surface area contributed by atoms with Crippen LogP contribution in [0, 0.1) is 0 Å². The van der Waals surface area contributed by atoms with Gasteiger partial charge in [-0.05, 0) is 25.1 Å². The Morgan fingerprint density at radius 3 is 2.82 bits per heavy atom. The molecule has 0 aromatic heterocycles. The third-order valence-corrected chi connectivity index (χ3v) is 4.26. The molecule has 0 bridgehead atoms. The smallest absolute Gasteiger partial charge is 0.256 e. The van der Waals surface area contributed by atoms with E-state index in [0.29, 0.717) is 24.5 Å². The van der Waals surface area contributed by atoms with Crippen molar-refractivity contribution >= 4 is 34.2 Å². The van der Waals surface area contributed by atoms with Gasteiger partial charge in [0.1, 0.15) is 5.84 Å². The molecule has 0 spiro atoms. The van der Waals surface area contributed by atoms with E-state index < -0.39 is 10.0 Å². The van der Waals surface area contributed by atoms with Crippen molar-refractivity contribution < 1.29 is 13.2 Å². The molecule has 0 saturated heterocycles. The Hall–Kier alpha value is -1.38. The summed E-state index contributed by atoms with van der Waals surface area (Å²) in [5.41, 5.74) is 0.503. The fourth-order valence-corrected chi connectivity index (χ4v) is 2.97. The second-order valence-corrected chi connectivity index (χ2v) is 6.61. The number of hydrogen-bond acceptors (Lipinski definition) is 5. The summed E-state index contributed by atoms with van der Waals surface area (Å²) >= 11 is 0. The lowest BCUT2D eigenvalue weighted by Gasteiger charge is -2.26. The standard InChI is InChI=1S/C13H20N4O3S.ClH/c1-2-5-14-6-7-15-13(18)11-3-4-12-16-21(19,20)9-8-17(12)10-11;/h3-4,10,14H,2,5-9H2,1H3,(H,15,18);1H. The van der Waals surface area contributed by atoms with Gasteiger partial charge in [0, 0.05) is 25.8 Å². The summed E-state index contributed by atoms with van der Waals surface area (Å²) < 4.78 is 26.5. The minimum Gasteiger partial charge on any atom is -0.351 e. The Bertz CT molecular complexity index is 598. The third-order valence-electron chi connectivity index (χ3n) is 3.10. The molecule has 2 aliphatic rings. The Balaban J connectivity index is 0.00000242. The highest BCUT2D eigenvalue weighted by atomic mass is 35.5. The number of amidine groups is 1. The number of sulfonamides is 1. The van der Waals surface area contributed by atoms with Gasteiger partial charge < -0.3 is 15.5 Å². The molecule has 7 nitrogen and oxygen atoms in total. The zero-order chi connectivity index (χ0) is 15.3. The number of nitrogens with zero attached hydrogens (tertiary/aromatic N) is 2. The molecule has 0 aliphatic carbocycles. The zero-order valence-electron chi connectivity index (χ0n) is 12.4. The van der Waals surface area contributed by atoms with E-state index in [0.717, 1.165) is 19.5 Å². The molecule has 22 heavy (non-hydrogen) atoms. The number of hydrogen-bond donors (Lipinski definition) is 2. The maximum atomic E-state index is 12.0. The Morgan fingerprint density at radius 1 is 1.32 bits per heavy atom. The largest absolute Gasteiger partial charge is 0.351 e. The first kappa shape index (κ1) is 18.7. The molecule has 9 heteroatoms. The van der Waals surface area contributed by atoms with E-state index in [1.54, 1.807) is 23.3 Å². The first-order chi connectivity index (χ1) is 10.0. The van der Waals surface area contributed by atoms with E-state index in [1.807, 2.05) is 0 Å². The van der Waals surface area contributed by atoms with Gasteiger partial charge in [-0.3, -0.25) is 4.79 Å². The topological polar surface area (TPSA) is 90.9 Å². The normalized spacial score (nSPS) is 18.7. The molecule has 0 aromatic rings. The minimum atomic E-state index is -3.36. The molecule has 124 valence electrons. The average Bonchev–Trinajstić information content (AvgIpc) is 2.45. The van der Waals surface area contributed by atoms with Crippen LogP contribution in [-0.4, -0.2) is 57.0 Å². The van der Waals surface area contributed by atoms with Gasteiger partial charge in [-0.2, -0.15) is 0 Å². The highest BCUT2D eigenvalue weighted by Crippen LogP contribution is 2.15. The van der Waals surface area contributed by atoms with Crippen LogP contribution >= 0.6 is 12.4 Å². The quantitative estimate of drug-likeness (QED) is 0.660. The van der Waals surface area contributed by atoms with Crippen LogP contribution in [0.4, 0.5) is 0 Å². The number of amides is 1. The van der Waals surface area contributed by atoms with Gasteiger partial charge in [-0.15, -0.1) is 16.8 Å². The van der Waals surface area contributed by atoms with Crippen molar-refractivity contribution in [3.63, 3.8) is 0 Å². The fourth-order valence-electron chi connectivity index (χ4n) is 2.00. The number of rotatable bonds is 6. The monoisotopic (exact) mass is 348 g/mol. The summed E-state index contributed by atoms with van der Waals surface area (Å²) in [4.78, 5) is 13.7. The highest BCUT2D eigenvalue weighted by molar-refractivity contribution is 7.90. The Labute approximate surface area is 137 Å². The van der Waals surface area contributed by atoms with Gasteiger partial charge in [-0.1, -0.05) is 6.92 Å². The van der Waals surface area contributed by atoms with Gasteiger partial charge in [0.15, 0.2) is 0 Å². The van der Waals surface area contributed by atoms with Crippen molar-refractivity contribution in [2.75, 3.05) is 31.9 Å². The number of carbonyl (C=O) groups is 1. The maximum absolute atomic E-state index is 12.0. The van der Waals surface area contributed by atoms with Crippen molar-refractivity contribution in [2.45, 2.75) is 13.3 Å². The lowest BCUT2D eigenvalue weighted by atomic mass is 10.2. The van der Waals surface area contributed by atoms with Gasteiger partial charge in [-0.25, -0.2) is 8.42 Å². The number of nitrogens with one attached hydrogen (secondary N) is 2. The number of halogens is 1. The predicted octanol–water partition coefficient (Wildman–Crippen LogP) is 0.0216. The second-order valence-electron chi connectivity index (χ2n) is 4.85. The zero-order valence-corrected chi connectivity index (χ0v) is 14.0. The Morgan fingerprint density at radius 2 is 2.09 bits per heavy atom. The van der Waals surface area contributed by atoms with Crippen molar-refractivity contribution in [1.29, 1.82) is 0 Å². The molecule has 1 amide bonds. The maximum Gasteiger partial charge on any atom is 0.256 e. The second kappa shape index (κ2) is 8.30. The number of carbonyl (C=O) groups excluding carboxylic acids is 1. The van der Waals surface area contributed by atoms with Crippen LogP contribution in [0.15, 0.2) is 28.3 Å². The molecule has 2 rings (SSSR count). The summed E-state index contributed by atoms with van der Waals surface area (Å²) in [6.45, 7) is 4.62. The van der Waals surface area contributed by atoms with Crippen LogP contribution in [-0.2, 0) is 14.8 Å². The number of fused-ring (bicyclic) bond motifs is 1. The third kappa shape index (κ3) is 5.11. The molecule has 0 unspecified atom stereocenters. The summed E-state index contributed by atoms with van der Waals surface area (Å²) in [6, 6.07) is 0. The summed E-state index contributed by atoms with van der Waals surface area (Å²) in [7, 11) is -3.36. The summed E-state index contributed by atoms with van der Waals surface area (Å²) in [6.07, 6.45) is 5.84. The van der Waals surface area contributed by atoms with Crippen molar-refractivity contribution in [3.8, 4) is 0 Å². The molecule has 0 aromatic carbocycles. The van der Waals surface area contributed by atoms with Gasteiger partial charge >= 0.3 is 0 Å². The minimum absolute atomic E-state index is 0. The van der Waals surface area contributed by atoms with Gasteiger partial charge in [0.2, 0.25) is 0 Å². The van der Waals surface area contributed by atoms with E-state index in [9.17, 15) is 13.2 Å². The van der Waals surface area contributed by atoms with Crippen LogP contribution in [0.5, 0.6) is 0 Å². The molecule has 0 saturated carbocycles. The molecule has 2 N–H and O–H groups in total. The van der Waals surface area contributed by atoms with Crippen molar-refractivity contribution in [1.82, 2.24) is 15.5 Å². The highest BCUT2D eigenvalue weighted by Gasteiger charge is 2.24. The van der Waals surface area contributed by atoms with Gasteiger partial charge in [0.05, 0.1) is 11.3 Å². The van der Waals surface area contributed by atoms with E-state index >= 15 is 0 Å². The van der Waals surface area contributed by atoms with E-state index in [-0.39, 0.29) is 24.1 Å². The molecule has 2 aliphatic heterocycles. The SMILES string of the molecule is CCCNCCNC(=O)C1=CN2CCS(=O)(=O)N=C2C=C1.Cl. The van der Waals surface area contributed by atoms with Crippen molar-refractivity contribution in [2.24, 2.45) is 4.40 Å². The molecular formula is C13H21ClN4O3S. The van der Waals surface area contributed by atoms with Crippen LogP contribution in [0.1, 0.15) is 13.3 Å². The fraction of sp³-hybridized carbons (Fsp3) is 0.538. The van der Waals surface area contributed by atoms with E-state index in [2.05, 4.69) is 22.0 Å². The Kier molecular flexibility index (Phi) is 7.05. The lowest BCUT2D eigenvalue weighted by molar-refractivity contribution is -0.117. The predicted molar refractivity (Wildman–Crippen MR) is 88.6 cm³/mol. The van der Waals surface area contributed by atoms with Crippen LogP contribution in [0.25, 0.3) is 0 Å². The van der Waals surface area contributed by atoms with E-state index in [4.69, 9.17) is 0 Å². The molecular weight excluding hydrogens is 328 g/mol. The van der Waals surface area contributed by atoms with Gasteiger partial charge in [0.25, 0.3) is 15.9 Å². The summed E-state index contributed by atoms with van der Waals surface area (Å²) in [5.74, 6) is 0.163. The van der Waals surface area contributed by atoms with E-state index in [1.165, 1.54) is 0 Å². The van der Waals surface area contributed by atoms with Crippen molar-refractivity contribution in [3.05, 3.63) is 23.9 Å². The molecule has 0 atom stereocenters. The first-order valence-corrected chi connectivity index (χ1v) is 8.61. The lowest BCUT2D eigenvalue weighted by Crippen LogP contribution is -2.38. The average molecular weight is 349 g/mol. The molecule has 0 radical (unpaired) electrons. The summed E-state index contributed by atoms with van der Waals surface area (Å²) in [5, 5.41) is 6.02.